The molecule has 0 bridgehead atoms. The van der Waals surface area contributed by atoms with Crippen LogP contribution in [0.15, 0.2) is 34.9 Å². The van der Waals surface area contributed by atoms with Gasteiger partial charge in [-0.3, -0.25) is 9.78 Å². The fourth-order valence-electron chi connectivity index (χ4n) is 1.74. The van der Waals surface area contributed by atoms with E-state index >= 15 is 0 Å². The van der Waals surface area contributed by atoms with Crippen molar-refractivity contribution in [2.24, 2.45) is 0 Å². The number of halogens is 2. The monoisotopic (exact) mass is 336 g/mol. The highest BCUT2D eigenvalue weighted by molar-refractivity contribution is 9.10. The summed E-state index contributed by atoms with van der Waals surface area (Å²) in [4.78, 5) is 16.0. The summed E-state index contributed by atoms with van der Waals surface area (Å²) in [6.45, 7) is 3.53. The van der Waals surface area contributed by atoms with Gasteiger partial charge in [-0.1, -0.05) is 22.0 Å². The average Bonchev–Trinajstić information content (AvgIpc) is 2.42. The number of pyridine rings is 1. The van der Waals surface area contributed by atoms with Crippen molar-refractivity contribution in [1.29, 1.82) is 0 Å². The molecule has 1 N–H and O–H groups in total. The van der Waals surface area contributed by atoms with E-state index in [1.54, 1.807) is 19.2 Å². The number of aryl methyl sites for hydroxylation is 1. The van der Waals surface area contributed by atoms with Crippen LogP contribution in [0.2, 0.25) is 0 Å². The second-order valence-corrected chi connectivity index (χ2v) is 5.42. The number of hydrogen-bond donors (Lipinski definition) is 1. The lowest BCUT2D eigenvalue weighted by molar-refractivity contribution is -0.115. The first-order valence-electron chi connectivity index (χ1n) is 6.13. The van der Waals surface area contributed by atoms with Crippen molar-refractivity contribution in [3.05, 3.63) is 57.6 Å². The predicted molar refractivity (Wildman–Crippen MR) is 80.1 cm³/mol. The van der Waals surface area contributed by atoms with E-state index in [-0.39, 0.29) is 18.0 Å². The van der Waals surface area contributed by atoms with Gasteiger partial charge in [0.25, 0.3) is 0 Å². The number of carbonyl (C=O) groups excluding carboxylic acids is 1. The van der Waals surface area contributed by atoms with Crippen LogP contribution in [0.4, 0.5) is 10.1 Å². The van der Waals surface area contributed by atoms with Gasteiger partial charge in [0.2, 0.25) is 5.91 Å². The number of carbonyl (C=O) groups is 1. The molecular weight excluding hydrogens is 323 g/mol. The Morgan fingerprint density at radius 3 is 2.70 bits per heavy atom. The lowest BCUT2D eigenvalue weighted by atomic mass is 10.1. The third kappa shape index (κ3) is 3.42. The topological polar surface area (TPSA) is 42.0 Å². The lowest BCUT2D eigenvalue weighted by Crippen LogP contribution is -2.15. The molecule has 1 amide bonds. The summed E-state index contributed by atoms with van der Waals surface area (Å²) in [7, 11) is 0. The molecule has 0 aliphatic carbocycles. The van der Waals surface area contributed by atoms with E-state index in [1.807, 2.05) is 19.1 Å². The molecule has 1 aromatic heterocycles. The second-order valence-electron chi connectivity index (χ2n) is 4.57. The van der Waals surface area contributed by atoms with E-state index in [0.29, 0.717) is 10.0 Å². The quantitative estimate of drug-likeness (QED) is 0.926. The minimum Gasteiger partial charge on any atom is -0.323 e. The van der Waals surface area contributed by atoms with Gasteiger partial charge in [-0.05, 0) is 37.6 Å². The van der Waals surface area contributed by atoms with Gasteiger partial charge in [0.1, 0.15) is 0 Å². The van der Waals surface area contributed by atoms with Gasteiger partial charge >= 0.3 is 0 Å². The van der Waals surface area contributed by atoms with Crippen molar-refractivity contribution in [2.45, 2.75) is 20.3 Å². The minimum atomic E-state index is -0.422. The molecule has 2 rings (SSSR count). The van der Waals surface area contributed by atoms with E-state index in [9.17, 15) is 9.18 Å². The SMILES string of the molecule is Cc1ccc(CC(=O)Nc2ccc(Br)c(C)c2F)cn1. The number of aromatic nitrogens is 1. The minimum absolute atomic E-state index is 0.168. The molecule has 0 spiro atoms. The van der Waals surface area contributed by atoms with Gasteiger partial charge in [0.15, 0.2) is 5.82 Å². The molecule has 0 saturated carbocycles. The molecule has 0 aliphatic rings. The van der Waals surface area contributed by atoms with Crippen LogP contribution in [0.1, 0.15) is 16.8 Å². The van der Waals surface area contributed by atoms with Crippen molar-refractivity contribution < 1.29 is 9.18 Å². The molecule has 20 heavy (non-hydrogen) atoms. The highest BCUT2D eigenvalue weighted by Crippen LogP contribution is 2.25. The fourth-order valence-corrected chi connectivity index (χ4v) is 2.05. The van der Waals surface area contributed by atoms with E-state index in [1.165, 1.54) is 6.07 Å². The Morgan fingerprint density at radius 1 is 1.30 bits per heavy atom. The summed E-state index contributed by atoms with van der Waals surface area (Å²) in [5.41, 5.74) is 2.35. The summed E-state index contributed by atoms with van der Waals surface area (Å²) in [6.07, 6.45) is 1.82. The summed E-state index contributed by atoms with van der Waals surface area (Å²) in [5.74, 6) is -0.689. The van der Waals surface area contributed by atoms with E-state index < -0.39 is 5.82 Å². The highest BCUT2D eigenvalue weighted by Gasteiger charge is 2.11. The van der Waals surface area contributed by atoms with Gasteiger partial charge in [-0.25, -0.2) is 4.39 Å². The van der Waals surface area contributed by atoms with Crippen LogP contribution in [0, 0.1) is 19.7 Å². The maximum absolute atomic E-state index is 14.0. The average molecular weight is 337 g/mol. The summed E-state index contributed by atoms with van der Waals surface area (Å²) in [5, 5.41) is 2.58. The van der Waals surface area contributed by atoms with Crippen molar-refractivity contribution >= 4 is 27.5 Å². The third-order valence-electron chi connectivity index (χ3n) is 2.93. The van der Waals surface area contributed by atoms with Gasteiger partial charge in [-0.2, -0.15) is 0 Å². The first kappa shape index (κ1) is 14.7. The lowest BCUT2D eigenvalue weighted by Gasteiger charge is -2.09. The van der Waals surface area contributed by atoms with E-state index in [4.69, 9.17) is 0 Å². The Balaban J connectivity index is 2.08. The first-order chi connectivity index (χ1) is 9.47. The molecule has 5 heteroatoms. The molecule has 0 unspecified atom stereocenters. The summed E-state index contributed by atoms with van der Waals surface area (Å²) >= 11 is 3.25. The summed E-state index contributed by atoms with van der Waals surface area (Å²) < 4.78 is 14.6. The fraction of sp³-hybridized carbons (Fsp3) is 0.200. The van der Waals surface area contributed by atoms with Gasteiger partial charge in [0, 0.05) is 21.9 Å². The van der Waals surface area contributed by atoms with Crippen LogP contribution < -0.4 is 5.32 Å². The number of benzene rings is 1. The van der Waals surface area contributed by atoms with E-state index in [2.05, 4.69) is 26.2 Å². The highest BCUT2D eigenvalue weighted by atomic mass is 79.9. The molecular formula is C15H14BrFN2O. The molecule has 0 saturated heterocycles. The second kappa shape index (κ2) is 6.13. The predicted octanol–water partition coefficient (Wildman–Crippen LogP) is 3.78. The standard InChI is InChI=1S/C15H14BrFN2O/c1-9-3-4-11(8-18-9)7-14(20)19-13-6-5-12(16)10(2)15(13)17/h3-6,8H,7H2,1-2H3,(H,19,20). The van der Waals surface area contributed by atoms with Crippen molar-refractivity contribution in [1.82, 2.24) is 4.98 Å². The third-order valence-corrected chi connectivity index (χ3v) is 3.79. The Hall–Kier alpha value is -1.75. The van der Waals surface area contributed by atoms with Crippen molar-refractivity contribution in [2.75, 3.05) is 5.32 Å². The molecule has 1 heterocycles. The smallest absolute Gasteiger partial charge is 0.228 e. The van der Waals surface area contributed by atoms with Crippen LogP contribution in [-0.2, 0) is 11.2 Å². The molecule has 3 nitrogen and oxygen atoms in total. The van der Waals surface area contributed by atoms with Crippen LogP contribution >= 0.6 is 15.9 Å². The van der Waals surface area contributed by atoms with Gasteiger partial charge in [-0.15, -0.1) is 0 Å². The van der Waals surface area contributed by atoms with Crippen LogP contribution in [0.3, 0.4) is 0 Å². The molecule has 0 radical (unpaired) electrons. The maximum atomic E-state index is 14.0. The van der Waals surface area contributed by atoms with Gasteiger partial charge in [0.05, 0.1) is 12.1 Å². The zero-order valence-electron chi connectivity index (χ0n) is 11.2. The van der Waals surface area contributed by atoms with Crippen LogP contribution in [0.5, 0.6) is 0 Å². The molecule has 1 aromatic carbocycles. The van der Waals surface area contributed by atoms with Gasteiger partial charge < -0.3 is 5.32 Å². The molecule has 2 aromatic rings. The zero-order chi connectivity index (χ0) is 14.7. The van der Waals surface area contributed by atoms with Crippen LogP contribution in [0.25, 0.3) is 0 Å². The summed E-state index contributed by atoms with van der Waals surface area (Å²) in [6, 6.07) is 6.93. The number of rotatable bonds is 3. The number of nitrogens with one attached hydrogen (secondary N) is 1. The molecule has 0 aliphatic heterocycles. The van der Waals surface area contributed by atoms with Crippen LogP contribution in [-0.4, -0.2) is 10.9 Å². The molecule has 104 valence electrons. The van der Waals surface area contributed by atoms with E-state index in [0.717, 1.165) is 11.3 Å². The Kier molecular flexibility index (Phi) is 4.49. The number of amides is 1. The largest absolute Gasteiger partial charge is 0.323 e. The van der Waals surface area contributed by atoms with Crippen molar-refractivity contribution in [3.63, 3.8) is 0 Å². The number of nitrogens with zero attached hydrogens (tertiary/aromatic N) is 1. The first-order valence-corrected chi connectivity index (χ1v) is 6.92. The molecule has 0 fully saturated rings. The number of hydrogen-bond acceptors (Lipinski definition) is 2. The van der Waals surface area contributed by atoms with Crippen molar-refractivity contribution in [3.8, 4) is 0 Å². The number of anilines is 1. The maximum Gasteiger partial charge on any atom is 0.228 e. The zero-order valence-corrected chi connectivity index (χ0v) is 12.8. The Morgan fingerprint density at radius 2 is 2.05 bits per heavy atom. The molecule has 0 atom stereocenters. The Bertz CT molecular complexity index is 641. The Labute approximate surface area is 125 Å². The normalized spacial score (nSPS) is 10.4.